The summed E-state index contributed by atoms with van der Waals surface area (Å²) in [6, 6.07) is 4.87. The molecule has 11 heteroatoms. The van der Waals surface area contributed by atoms with Crippen LogP contribution in [0.3, 0.4) is 0 Å². The number of hydrogen-bond acceptors (Lipinski definition) is 4. The van der Waals surface area contributed by atoms with E-state index in [0.717, 1.165) is 16.3 Å². The molecule has 1 amide bonds. The quantitative estimate of drug-likeness (QED) is 0.782. The van der Waals surface area contributed by atoms with E-state index in [2.05, 4.69) is 15.5 Å². The SMILES string of the molecule is Cn1c(SCC(=O)NCc2ccc(Cl)cc2Cl)nnc1C(F)(F)F. The Morgan fingerprint density at radius 2 is 2.04 bits per heavy atom. The van der Waals surface area contributed by atoms with Gasteiger partial charge in [0.25, 0.3) is 0 Å². The zero-order chi connectivity index (χ0) is 17.9. The Hall–Kier alpha value is -1.45. The third-order valence-corrected chi connectivity index (χ3v) is 4.52. The number of alkyl halides is 3. The predicted octanol–water partition coefficient (Wildman–Crippen LogP) is 3.55. The maximum absolute atomic E-state index is 12.6. The molecule has 0 fully saturated rings. The van der Waals surface area contributed by atoms with Crippen LogP contribution < -0.4 is 5.32 Å². The Labute approximate surface area is 149 Å². The van der Waals surface area contributed by atoms with E-state index in [1.54, 1.807) is 18.2 Å². The fourth-order valence-corrected chi connectivity index (χ4v) is 2.94. The first-order chi connectivity index (χ1) is 11.2. The fraction of sp³-hybridized carbons (Fsp3) is 0.308. The van der Waals surface area contributed by atoms with Gasteiger partial charge in [-0.2, -0.15) is 13.2 Å². The minimum Gasteiger partial charge on any atom is -0.351 e. The number of benzene rings is 1. The first-order valence-corrected chi connectivity index (χ1v) is 8.22. The Bertz CT molecular complexity index is 751. The molecule has 24 heavy (non-hydrogen) atoms. The molecule has 2 aromatic rings. The predicted molar refractivity (Wildman–Crippen MR) is 85.0 cm³/mol. The van der Waals surface area contributed by atoms with Gasteiger partial charge in [0.15, 0.2) is 5.16 Å². The number of thioether (sulfide) groups is 1. The van der Waals surface area contributed by atoms with Crippen LogP contribution in [0.2, 0.25) is 10.0 Å². The maximum Gasteiger partial charge on any atom is 0.451 e. The van der Waals surface area contributed by atoms with E-state index in [4.69, 9.17) is 23.2 Å². The van der Waals surface area contributed by atoms with Gasteiger partial charge in [-0.15, -0.1) is 10.2 Å². The lowest BCUT2D eigenvalue weighted by atomic mass is 10.2. The first kappa shape index (κ1) is 18.9. The molecule has 1 aromatic heterocycles. The molecule has 0 atom stereocenters. The normalized spacial score (nSPS) is 11.6. The highest BCUT2D eigenvalue weighted by atomic mass is 35.5. The second-order valence-corrected chi connectivity index (χ2v) is 6.45. The number of aromatic nitrogens is 3. The van der Waals surface area contributed by atoms with E-state index in [9.17, 15) is 18.0 Å². The van der Waals surface area contributed by atoms with Crippen LogP contribution in [-0.2, 0) is 24.6 Å². The fourth-order valence-electron chi connectivity index (χ4n) is 1.73. The van der Waals surface area contributed by atoms with Gasteiger partial charge in [-0.3, -0.25) is 4.79 Å². The van der Waals surface area contributed by atoms with Crippen LogP contribution >= 0.6 is 35.0 Å². The van der Waals surface area contributed by atoms with Gasteiger partial charge in [0.05, 0.1) is 5.75 Å². The van der Waals surface area contributed by atoms with Crippen molar-refractivity contribution in [2.45, 2.75) is 17.9 Å². The number of amides is 1. The summed E-state index contributed by atoms with van der Waals surface area (Å²) in [7, 11) is 1.19. The van der Waals surface area contributed by atoms with E-state index in [0.29, 0.717) is 15.6 Å². The van der Waals surface area contributed by atoms with Crippen LogP contribution in [0.4, 0.5) is 13.2 Å². The maximum atomic E-state index is 12.6. The molecule has 0 saturated carbocycles. The van der Waals surface area contributed by atoms with E-state index >= 15 is 0 Å². The van der Waals surface area contributed by atoms with Gasteiger partial charge in [-0.05, 0) is 17.7 Å². The van der Waals surface area contributed by atoms with Gasteiger partial charge >= 0.3 is 6.18 Å². The van der Waals surface area contributed by atoms with E-state index in [1.165, 1.54) is 7.05 Å². The van der Waals surface area contributed by atoms with Crippen molar-refractivity contribution in [2.24, 2.45) is 7.05 Å². The van der Waals surface area contributed by atoms with Crippen LogP contribution in [0.1, 0.15) is 11.4 Å². The minimum absolute atomic E-state index is 0.00185. The lowest BCUT2D eigenvalue weighted by molar-refractivity contribution is -0.147. The summed E-state index contributed by atoms with van der Waals surface area (Å²) in [5.74, 6) is -1.59. The van der Waals surface area contributed by atoms with E-state index < -0.39 is 12.0 Å². The number of carbonyl (C=O) groups is 1. The summed E-state index contributed by atoms with van der Waals surface area (Å²) < 4.78 is 38.6. The Morgan fingerprint density at radius 3 is 2.62 bits per heavy atom. The number of hydrogen-bond donors (Lipinski definition) is 1. The van der Waals surface area contributed by atoms with Crippen molar-refractivity contribution >= 4 is 40.9 Å². The smallest absolute Gasteiger partial charge is 0.351 e. The Balaban J connectivity index is 1.89. The van der Waals surface area contributed by atoms with Crippen molar-refractivity contribution in [3.8, 4) is 0 Å². The lowest BCUT2D eigenvalue weighted by Gasteiger charge is -2.08. The first-order valence-electron chi connectivity index (χ1n) is 6.48. The summed E-state index contributed by atoms with van der Waals surface area (Å²) >= 11 is 12.6. The molecule has 2 rings (SSSR count). The molecular weight excluding hydrogens is 388 g/mol. The van der Waals surface area contributed by atoms with Crippen LogP contribution in [0.5, 0.6) is 0 Å². The molecule has 0 aliphatic heterocycles. The molecule has 0 aliphatic carbocycles. The molecule has 0 aliphatic rings. The van der Waals surface area contributed by atoms with Crippen LogP contribution in [-0.4, -0.2) is 26.4 Å². The second-order valence-electron chi connectivity index (χ2n) is 4.66. The largest absolute Gasteiger partial charge is 0.451 e. The van der Waals surface area contributed by atoms with Gasteiger partial charge in [0, 0.05) is 23.6 Å². The third kappa shape index (κ3) is 4.78. The summed E-state index contributed by atoms with van der Waals surface area (Å²) in [4.78, 5) is 11.8. The summed E-state index contributed by atoms with van der Waals surface area (Å²) in [5.41, 5.74) is 0.678. The average Bonchev–Trinajstić information content (AvgIpc) is 2.85. The number of carbonyl (C=O) groups excluding carboxylic acids is 1. The number of halogens is 5. The van der Waals surface area contributed by atoms with Gasteiger partial charge in [0.1, 0.15) is 0 Å². The van der Waals surface area contributed by atoms with Crippen molar-refractivity contribution in [2.75, 3.05) is 5.75 Å². The number of nitrogens with one attached hydrogen (secondary N) is 1. The highest BCUT2D eigenvalue weighted by Crippen LogP contribution is 2.29. The van der Waals surface area contributed by atoms with Gasteiger partial charge < -0.3 is 9.88 Å². The standard InChI is InChI=1S/C13H11Cl2F3N4OS/c1-22-11(13(16,17)18)20-21-12(22)24-6-10(23)19-5-7-2-3-8(14)4-9(7)15/h2-4H,5-6H2,1H3,(H,19,23). The van der Waals surface area contributed by atoms with Crippen molar-refractivity contribution in [1.29, 1.82) is 0 Å². The Kier molecular flexibility index (Phi) is 6.00. The molecule has 1 heterocycles. The molecular formula is C13H11Cl2F3N4OS. The second kappa shape index (κ2) is 7.62. The van der Waals surface area contributed by atoms with Crippen LogP contribution in [0.15, 0.2) is 23.4 Å². The molecule has 0 bridgehead atoms. The summed E-state index contributed by atoms with van der Waals surface area (Å²) in [5, 5.41) is 10.0. The average molecular weight is 399 g/mol. The molecule has 0 unspecified atom stereocenters. The third-order valence-electron chi connectivity index (χ3n) is 2.91. The molecule has 1 N–H and O–H groups in total. The minimum atomic E-state index is -4.59. The van der Waals surface area contributed by atoms with E-state index in [1.807, 2.05) is 0 Å². The summed E-state index contributed by atoms with van der Waals surface area (Å²) in [6.07, 6.45) is -4.59. The zero-order valence-corrected chi connectivity index (χ0v) is 14.5. The topological polar surface area (TPSA) is 59.8 Å². The Morgan fingerprint density at radius 1 is 1.33 bits per heavy atom. The van der Waals surface area contributed by atoms with E-state index in [-0.39, 0.29) is 23.4 Å². The molecule has 0 spiro atoms. The van der Waals surface area contributed by atoms with Gasteiger partial charge in [-0.25, -0.2) is 0 Å². The number of nitrogens with zero attached hydrogens (tertiary/aromatic N) is 3. The highest BCUT2D eigenvalue weighted by Gasteiger charge is 2.37. The molecule has 0 radical (unpaired) electrons. The van der Waals surface area contributed by atoms with Crippen LogP contribution in [0.25, 0.3) is 0 Å². The summed E-state index contributed by atoms with van der Waals surface area (Å²) in [6.45, 7) is 0.183. The molecule has 1 aromatic carbocycles. The highest BCUT2D eigenvalue weighted by molar-refractivity contribution is 7.99. The van der Waals surface area contributed by atoms with Crippen LogP contribution in [0, 0.1) is 0 Å². The molecule has 130 valence electrons. The zero-order valence-electron chi connectivity index (χ0n) is 12.2. The van der Waals surface area contributed by atoms with Gasteiger partial charge in [0.2, 0.25) is 11.7 Å². The van der Waals surface area contributed by atoms with Gasteiger partial charge in [-0.1, -0.05) is 41.0 Å². The monoisotopic (exact) mass is 398 g/mol. The molecule has 0 saturated heterocycles. The molecule has 5 nitrogen and oxygen atoms in total. The number of rotatable bonds is 5. The van der Waals surface area contributed by atoms with Crippen molar-refractivity contribution in [3.63, 3.8) is 0 Å². The van der Waals surface area contributed by atoms with Crippen molar-refractivity contribution in [1.82, 2.24) is 20.1 Å². The lowest BCUT2D eigenvalue weighted by Crippen LogP contribution is -2.25. The van der Waals surface area contributed by atoms with Crippen molar-refractivity contribution < 1.29 is 18.0 Å². The van der Waals surface area contributed by atoms with Crippen molar-refractivity contribution in [3.05, 3.63) is 39.6 Å².